The van der Waals surface area contributed by atoms with Gasteiger partial charge in [0.2, 0.25) is 5.91 Å². The minimum absolute atomic E-state index is 0.0638. The number of hydrogen-bond acceptors (Lipinski definition) is 4. The summed E-state index contributed by atoms with van der Waals surface area (Å²) < 4.78 is 18.8. The van der Waals surface area contributed by atoms with Gasteiger partial charge in [0.15, 0.2) is 11.6 Å². The smallest absolute Gasteiger partial charge is 0.313 e. The fourth-order valence-electron chi connectivity index (χ4n) is 2.00. The third-order valence-electron chi connectivity index (χ3n) is 2.82. The molecule has 1 amide bonds. The number of carbonyl (C=O) groups excluding carboxylic acids is 1. The van der Waals surface area contributed by atoms with Crippen LogP contribution in [0, 0.1) is 5.82 Å². The highest BCUT2D eigenvalue weighted by Gasteiger charge is 2.25. The summed E-state index contributed by atoms with van der Waals surface area (Å²) in [6.45, 7) is 0.334. The molecule has 7 heteroatoms. The fraction of sp³-hybridized carbons (Fsp3) is 0.385. The predicted octanol–water partition coefficient (Wildman–Crippen LogP) is 1.58. The number of carboxylic acid groups (broad SMARTS) is 1. The molecule has 1 aliphatic heterocycles. The van der Waals surface area contributed by atoms with Crippen LogP contribution in [0.15, 0.2) is 18.2 Å². The summed E-state index contributed by atoms with van der Waals surface area (Å²) in [4.78, 5) is 22.1. The normalized spacial score (nSPS) is 16.9. The molecule has 5 nitrogen and oxygen atoms in total. The van der Waals surface area contributed by atoms with Crippen molar-refractivity contribution in [3.05, 3.63) is 29.6 Å². The molecule has 0 spiro atoms. The van der Waals surface area contributed by atoms with E-state index in [0.29, 0.717) is 18.6 Å². The van der Waals surface area contributed by atoms with Crippen LogP contribution in [0.3, 0.4) is 0 Å². The van der Waals surface area contributed by atoms with Gasteiger partial charge >= 0.3 is 5.97 Å². The fourth-order valence-corrected chi connectivity index (χ4v) is 2.55. The van der Waals surface area contributed by atoms with E-state index in [1.54, 1.807) is 12.1 Å². The third-order valence-corrected chi connectivity index (χ3v) is 3.74. The first-order valence-electron chi connectivity index (χ1n) is 6.08. The van der Waals surface area contributed by atoms with E-state index in [-0.39, 0.29) is 29.2 Å². The molecule has 0 fully saturated rings. The summed E-state index contributed by atoms with van der Waals surface area (Å²) >= 11 is 1.03. The number of fused-ring (bicyclic) bond motifs is 1. The van der Waals surface area contributed by atoms with Crippen molar-refractivity contribution in [2.24, 2.45) is 0 Å². The molecule has 20 heavy (non-hydrogen) atoms. The zero-order valence-electron chi connectivity index (χ0n) is 10.6. The van der Waals surface area contributed by atoms with Crippen molar-refractivity contribution in [1.29, 1.82) is 0 Å². The van der Waals surface area contributed by atoms with Crippen LogP contribution in [0.25, 0.3) is 0 Å². The lowest BCUT2D eigenvalue weighted by atomic mass is 10.0. The standard InChI is InChI=1S/C13H14FNO4S/c14-9-3-1-2-8-10(4-5-19-13(8)9)15-11(16)6-20-7-12(17)18/h1-3,10H,4-7H2,(H,15,16)(H,17,18)/t10-/m0/s1. The monoisotopic (exact) mass is 299 g/mol. The van der Waals surface area contributed by atoms with Crippen LogP contribution in [-0.2, 0) is 9.59 Å². The molecule has 1 aromatic rings. The predicted molar refractivity (Wildman–Crippen MR) is 72.4 cm³/mol. The summed E-state index contributed by atoms with van der Waals surface area (Å²) in [5, 5.41) is 11.3. The van der Waals surface area contributed by atoms with Crippen LogP contribution in [0.4, 0.5) is 4.39 Å². The Morgan fingerprint density at radius 3 is 3.00 bits per heavy atom. The van der Waals surface area contributed by atoms with Crippen LogP contribution >= 0.6 is 11.8 Å². The second kappa shape index (κ2) is 6.60. The van der Waals surface area contributed by atoms with Crippen LogP contribution in [0.5, 0.6) is 5.75 Å². The minimum Gasteiger partial charge on any atom is -0.490 e. The van der Waals surface area contributed by atoms with Gasteiger partial charge in [-0.25, -0.2) is 4.39 Å². The van der Waals surface area contributed by atoms with Crippen LogP contribution in [0.2, 0.25) is 0 Å². The number of carbonyl (C=O) groups is 2. The number of aliphatic carboxylic acids is 1. The van der Waals surface area contributed by atoms with Gasteiger partial charge in [-0.3, -0.25) is 9.59 Å². The van der Waals surface area contributed by atoms with Crippen LogP contribution in [-0.4, -0.2) is 35.1 Å². The number of para-hydroxylation sites is 1. The molecule has 0 aliphatic carbocycles. The Labute approximate surface area is 119 Å². The van der Waals surface area contributed by atoms with Gasteiger partial charge in [-0.15, -0.1) is 11.8 Å². The maximum Gasteiger partial charge on any atom is 0.313 e. The molecule has 1 heterocycles. The lowest BCUT2D eigenvalue weighted by Crippen LogP contribution is -2.33. The van der Waals surface area contributed by atoms with Crippen molar-refractivity contribution in [2.45, 2.75) is 12.5 Å². The first kappa shape index (κ1) is 14.6. The Balaban J connectivity index is 1.96. The van der Waals surface area contributed by atoms with Crippen molar-refractivity contribution in [2.75, 3.05) is 18.1 Å². The Bertz CT molecular complexity index is 523. The number of benzene rings is 1. The SMILES string of the molecule is O=C(O)CSCC(=O)N[C@H]1CCOc2c(F)cccc21. The lowest BCUT2D eigenvalue weighted by molar-refractivity contribution is -0.133. The molecule has 0 unspecified atom stereocenters. The number of hydrogen-bond donors (Lipinski definition) is 2. The number of carboxylic acids is 1. The average Bonchev–Trinajstić information content (AvgIpc) is 2.39. The molecule has 0 aromatic heterocycles. The number of nitrogens with one attached hydrogen (secondary N) is 1. The van der Waals surface area contributed by atoms with Gasteiger partial charge in [-0.1, -0.05) is 12.1 Å². The largest absolute Gasteiger partial charge is 0.490 e. The number of ether oxygens (including phenoxy) is 1. The second-order valence-corrected chi connectivity index (χ2v) is 5.29. The van der Waals surface area contributed by atoms with Crippen molar-refractivity contribution in [3.63, 3.8) is 0 Å². The summed E-state index contributed by atoms with van der Waals surface area (Å²) in [7, 11) is 0. The van der Waals surface area contributed by atoms with Gasteiger partial charge in [0.05, 0.1) is 24.2 Å². The molecule has 1 aliphatic rings. The number of amides is 1. The van der Waals surface area contributed by atoms with Gasteiger partial charge in [-0.05, 0) is 6.07 Å². The van der Waals surface area contributed by atoms with E-state index in [1.807, 2.05) is 0 Å². The molecule has 2 rings (SSSR count). The van der Waals surface area contributed by atoms with E-state index in [9.17, 15) is 14.0 Å². The van der Waals surface area contributed by atoms with E-state index < -0.39 is 11.8 Å². The molecular weight excluding hydrogens is 285 g/mol. The average molecular weight is 299 g/mol. The van der Waals surface area contributed by atoms with Crippen molar-refractivity contribution in [1.82, 2.24) is 5.32 Å². The van der Waals surface area contributed by atoms with E-state index >= 15 is 0 Å². The molecule has 2 N–H and O–H groups in total. The molecule has 1 aromatic carbocycles. The van der Waals surface area contributed by atoms with Gasteiger partial charge in [0, 0.05) is 12.0 Å². The van der Waals surface area contributed by atoms with E-state index in [0.717, 1.165) is 11.8 Å². The third kappa shape index (κ3) is 3.63. The van der Waals surface area contributed by atoms with E-state index in [4.69, 9.17) is 9.84 Å². The van der Waals surface area contributed by atoms with Crippen LogP contribution in [0.1, 0.15) is 18.0 Å². The Morgan fingerprint density at radius 2 is 2.25 bits per heavy atom. The molecule has 0 saturated carbocycles. The van der Waals surface area contributed by atoms with E-state index in [2.05, 4.69) is 5.32 Å². The maximum absolute atomic E-state index is 13.6. The Hall–Kier alpha value is -1.76. The van der Waals surface area contributed by atoms with Crippen molar-refractivity contribution < 1.29 is 23.8 Å². The van der Waals surface area contributed by atoms with Gasteiger partial charge in [0.25, 0.3) is 0 Å². The number of thioether (sulfide) groups is 1. The molecule has 0 radical (unpaired) electrons. The zero-order valence-corrected chi connectivity index (χ0v) is 11.4. The quantitative estimate of drug-likeness (QED) is 0.863. The number of halogens is 1. The van der Waals surface area contributed by atoms with E-state index in [1.165, 1.54) is 6.07 Å². The summed E-state index contributed by atoms with van der Waals surface area (Å²) in [5.74, 6) is -1.54. The molecule has 108 valence electrons. The van der Waals surface area contributed by atoms with Crippen molar-refractivity contribution >= 4 is 23.6 Å². The van der Waals surface area contributed by atoms with Gasteiger partial charge < -0.3 is 15.2 Å². The highest BCUT2D eigenvalue weighted by Crippen LogP contribution is 2.33. The first-order chi connectivity index (χ1) is 9.58. The topological polar surface area (TPSA) is 75.6 Å². The highest BCUT2D eigenvalue weighted by molar-refractivity contribution is 8.00. The molecule has 0 bridgehead atoms. The zero-order chi connectivity index (χ0) is 14.5. The summed E-state index contributed by atoms with van der Waals surface area (Å²) in [6, 6.07) is 4.30. The second-order valence-electron chi connectivity index (χ2n) is 4.30. The minimum atomic E-state index is -0.957. The maximum atomic E-state index is 13.6. The number of rotatable bonds is 5. The molecular formula is C13H14FNO4S. The molecule has 0 saturated heterocycles. The first-order valence-corrected chi connectivity index (χ1v) is 7.23. The summed E-state index contributed by atoms with van der Waals surface area (Å²) in [5.41, 5.74) is 0.618. The highest BCUT2D eigenvalue weighted by atomic mass is 32.2. The van der Waals surface area contributed by atoms with Gasteiger partial charge in [-0.2, -0.15) is 0 Å². The summed E-state index contributed by atoms with van der Waals surface area (Å²) in [6.07, 6.45) is 0.561. The lowest BCUT2D eigenvalue weighted by Gasteiger charge is -2.26. The van der Waals surface area contributed by atoms with Crippen LogP contribution < -0.4 is 10.1 Å². The Kier molecular flexibility index (Phi) is 4.84. The van der Waals surface area contributed by atoms with Crippen molar-refractivity contribution in [3.8, 4) is 5.75 Å². The molecule has 1 atom stereocenters. The Morgan fingerprint density at radius 1 is 1.45 bits per heavy atom. The van der Waals surface area contributed by atoms with Gasteiger partial charge in [0.1, 0.15) is 0 Å².